The van der Waals surface area contributed by atoms with Gasteiger partial charge in [-0.25, -0.2) is 9.59 Å². The summed E-state index contributed by atoms with van der Waals surface area (Å²) in [5.74, 6) is -7.14. The summed E-state index contributed by atoms with van der Waals surface area (Å²) in [6.45, 7) is 0. The smallest absolute Gasteiger partial charge is 0.345 e. The van der Waals surface area contributed by atoms with Crippen LogP contribution in [-0.2, 0) is 28.7 Å². The molecule has 0 aromatic heterocycles. The Bertz CT molecular complexity index is 675. The highest BCUT2D eigenvalue weighted by molar-refractivity contribution is 5.91. The molecule has 9 heteroatoms. The fourth-order valence-corrected chi connectivity index (χ4v) is 1.81. The molecule has 0 spiro atoms. The molecule has 1 aromatic rings. The number of hydrogen-bond donors (Lipinski definition) is 3. The Balaban J connectivity index is 2.86. The first kappa shape index (κ1) is 19.7. The van der Waals surface area contributed by atoms with Gasteiger partial charge >= 0.3 is 23.9 Å². The van der Waals surface area contributed by atoms with Crippen molar-refractivity contribution in [3.05, 3.63) is 35.9 Å². The Morgan fingerprint density at radius 2 is 1.68 bits per heavy atom. The third-order valence-electron chi connectivity index (χ3n) is 3.09. The van der Waals surface area contributed by atoms with Crippen molar-refractivity contribution in [3.63, 3.8) is 0 Å². The fraction of sp³-hybridized carbons (Fsp3) is 0.250. The first-order valence-electron chi connectivity index (χ1n) is 6.94. The molecule has 0 aliphatic rings. The van der Waals surface area contributed by atoms with E-state index in [9.17, 15) is 19.2 Å². The van der Waals surface area contributed by atoms with Gasteiger partial charge in [-0.3, -0.25) is 9.59 Å². The number of rotatable bonds is 8. The van der Waals surface area contributed by atoms with E-state index in [0.29, 0.717) is 5.56 Å². The average molecular weight is 352 g/mol. The largest absolute Gasteiger partial charge is 0.508 e. The molecule has 25 heavy (non-hydrogen) atoms. The third kappa shape index (κ3) is 6.34. The van der Waals surface area contributed by atoms with E-state index in [4.69, 9.17) is 15.3 Å². The van der Waals surface area contributed by atoms with E-state index in [1.807, 2.05) is 0 Å². The number of phenols is 1. The number of hydrogen-bond acceptors (Lipinski definition) is 7. The highest BCUT2D eigenvalue weighted by Crippen LogP contribution is 2.16. The van der Waals surface area contributed by atoms with Gasteiger partial charge in [-0.2, -0.15) is 0 Å². The summed E-state index contributed by atoms with van der Waals surface area (Å²) >= 11 is 0. The van der Waals surface area contributed by atoms with E-state index in [0.717, 1.165) is 13.2 Å². The van der Waals surface area contributed by atoms with E-state index in [2.05, 4.69) is 9.47 Å². The number of carboxylic acid groups (broad SMARTS) is 2. The lowest BCUT2D eigenvalue weighted by molar-refractivity contribution is -0.172. The quantitative estimate of drug-likeness (QED) is 0.453. The van der Waals surface area contributed by atoms with Gasteiger partial charge in [-0.15, -0.1) is 0 Å². The van der Waals surface area contributed by atoms with Gasteiger partial charge in [0.1, 0.15) is 11.7 Å². The molecule has 1 rings (SSSR count). The highest BCUT2D eigenvalue weighted by Gasteiger charge is 2.38. The van der Waals surface area contributed by atoms with Crippen LogP contribution < -0.4 is 0 Å². The summed E-state index contributed by atoms with van der Waals surface area (Å²) in [6.07, 6.45) is -0.637. The summed E-state index contributed by atoms with van der Waals surface area (Å²) in [5, 5.41) is 27.3. The number of aliphatic carboxylic acids is 2. The van der Waals surface area contributed by atoms with Crippen LogP contribution in [0.2, 0.25) is 0 Å². The monoisotopic (exact) mass is 352 g/mol. The topological polar surface area (TPSA) is 147 Å². The van der Waals surface area contributed by atoms with Gasteiger partial charge in [0, 0.05) is 6.08 Å². The van der Waals surface area contributed by atoms with Crippen LogP contribution >= 0.6 is 0 Å². The van der Waals surface area contributed by atoms with Crippen molar-refractivity contribution in [3.8, 4) is 5.75 Å². The zero-order chi connectivity index (χ0) is 19.0. The lowest BCUT2D eigenvalue weighted by Gasteiger charge is -2.19. The molecule has 0 amide bonds. The maximum atomic E-state index is 11.7. The molecule has 0 bridgehead atoms. The number of phenolic OH excluding ortho intramolecular Hbond substituents is 1. The van der Waals surface area contributed by atoms with Gasteiger partial charge in [-0.1, -0.05) is 12.1 Å². The van der Waals surface area contributed by atoms with E-state index in [-0.39, 0.29) is 5.75 Å². The molecule has 0 aliphatic heterocycles. The summed E-state index contributed by atoms with van der Waals surface area (Å²) in [4.78, 5) is 45.4. The van der Waals surface area contributed by atoms with Crippen LogP contribution in [0.4, 0.5) is 0 Å². The standard InChI is InChI=1S/C16H16O9/c1-24-13(19)8-11(15(20)21)14(16(22)23)25-12(18)7-4-9-2-5-10(17)6-3-9/h2-7,11,14,17H,8H2,1H3,(H,20,21)(H,22,23)/t11-,14-/m0/s1. The number of ether oxygens (including phenoxy) is 2. The van der Waals surface area contributed by atoms with Gasteiger partial charge in [-0.05, 0) is 23.8 Å². The molecular formula is C16H16O9. The number of esters is 2. The number of carbonyl (C=O) groups is 4. The van der Waals surface area contributed by atoms with E-state index in [1.54, 1.807) is 0 Å². The van der Waals surface area contributed by atoms with Crippen LogP contribution in [0, 0.1) is 5.92 Å². The van der Waals surface area contributed by atoms with Gasteiger partial charge in [0.15, 0.2) is 0 Å². The Hall–Kier alpha value is -3.36. The summed E-state index contributed by atoms with van der Waals surface area (Å²) in [6, 6.07) is 5.74. The molecule has 0 unspecified atom stereocenters. The number of benzene rings is 1. The Morgan fingerprint density at radius 1 is 1.08 bits per heavy atom. The molecule has 134 valence electrons. The Morgan fingerprint density at radius 3 is 2.16 bits per heavy atom. The number of carboxylic acids is 2. The maximum absolute atomic E-state index is 11.7. The zero-order valence-electron chi connectivity index (χ0n) is 13.1. The van der Waals surface area contributed by atoms with Crippen molar-refractivity contribution in [2.75, 3.05) is 7.11 Å². The molecule has 3 N–H and O–H groups in total. The predicted molar refractivity (Wildman–Crippen MR) is 82.4 cm³/mol. The van der Waals surface area contributed by atoms with Crippen molar-refractivity contribution in [2.45, 2.75) is 12.5 Å². The van der Waals surface area contributed by atoms with Crippen molar-refractivity contribution in [1.82, 2.24) is 0 Å². The predicted octanol–water partition coefficient (Wildman–Crippen LogP) is 0.666. The minimum atomic E-state index is -2.06. The SMILES string of the molecule is COC(=O)C[C@H](C(=O)O)[C@H](OC(=O)C=Cc1ccc(O)cc1)C(=O)O. The minimum Gasteiger partial charge on any atom is -0.508 e. The molecule has 0 aliphatic carbocycles. The van der Waals surface area contributed by atoms with Gasteiger partial charge in [0.25, 0.3) is 0 Å². The van der Waals surface area contributed by atoms with Gasteiger partial charge in [0.2, 0.25) is 6.10 Å². The van der Waals surface area contributed by atoms with E-state index >= 15 is 0 Å². The number of aromatic hydroxyl groups is 1. The van der Waals surface area contributed by atoms with Crippen LogP contribution in [0.5, 0.6) is 5.75 Å². The van der Waals surface area contributed by atoms with Crippen LogP contribution in [0.25, 0.3) is 6.08 Å². The second-order valence-electron chi connectivity index (χ2n) is 4.85. The Kier molecular flexibility index (Phi) is 7.14. The van der Waals surface area contributed by atoms with E-state index in [1.165, 1.54) is 30.3 Å². The summed E-state index contributed by atoms with van der Waals surface area (Å²) < 4.78 is 8.97. The van der Waals surface area contributed by atoms with Crippen LogP contribution in [-0.4, -0.2) is 52.4 Å². The summed E-state index contributed by atoms with van der Waals surface area (Å²) in [7, 11) is 1.02. The molecule has 0 saturated carbocycles. The second kappa shape index (κ2) is 9.06. The van der Waals surface area contributed by atoms with Crippen molar-refractivity contribution in [2.24, 2.45) is 5.92 Å². The van der Waals surface area contributed by atoms with Gasteiger partial charge < -0.3 is 24.8 Å². The molecule has 0 heterocycles. The normalized spacial score (nSPS) is 13.0. The Labute approximate surface area is 142 Å². The molecule has 2 atom stereocenters. The molecule has 0 saturated heterocycles. The molecule has 1 aromatic carbocycles. The third-order valence-corrected chi connectivity index (χ3v) is 3.09. The lowest BCUT2D eigenvalue weighted by Crippen LogP contribution is -2.39. The number of methoxy groups -OCH3 is 1. The van der Waals surface area contributed by atoms with Crippen LogP contribution in [0.1, 0.15) is 12.0 Å². The molecule has 9 nitrogen and oxygen atoms in total. The average Bonchev–Trinajstić information content (AvgIpc) is 2.56. The molecular weight excluding hydrogens is 336 g/mol. The number of carbonyl (C=O) groups excluding carboxylic acids is 2. The maximum Gasteiger partial charge on any atom is 0.345 e. The van der Waals surface area contributed by atoms with E-state index < -0.39 is 42.3 Å². The second-order valence-corrected chi connectivity index (χ2v) is 4.85. The van der Waals surface area contributed by atoms with Crippen molar-refractivity contribution >= 4 is 30.0 Å². The molecule has 0 radical (unpaired) electrons. The van der Waals surface area contributed by atoms with Crippen molar-refractivity contribution < 1.29 is 44.0 Å². The first-order chi connectivity index (χ1) is 11.7. The van der Waals surface area contributed by atoms with Crippen molar-refractivity contribution in [1.29, 1.82) is 0 Å². The van der Waals surface area contributed by atoms with Gasteiger partial charge in [0.05, 0.1) is 13.5 Å². The molecule has 0 fully saturated rings. The zero-order valence-corrected chi connectivity index (χ0v) is 13.1. The fourth-order valence-electron chi connectivity index (χ4n) is 1.81. The summed E-state index contributed by atoms with van der Waals surface area (Å²) in [5.41, 5.74) is 0.519. The van der Waals surface area contributed by atoms with Crippen LogP contribution in [0.3, 0.4) is 0 Å². The first-order valence-corrected chi connectivity index (χ1v) is 6.94. The minimum absolute atomic E-state index is 0.0257. The van der Waals surface area contributed by atoms with Crippen LogP contribution in [0.15, 0.2) is 30.3 Å². The lowest BCUT2D eigenvalue weighted by atomic mass is 9.98. The highest BCUT2D eigenvalue weighted by atomic mass is 16.6.